The maximum absolute atomic E-state index is 10.5. The molecule has 2 atom stereocenters. The molecule has 2 unspecified atom stereocenters. The standard InChI is InChI=1S/C17H18N4OS2.C7H13NO2/c1-22-12-6-10(18)13(23)7-11(12)21-16-15-9-4-2-3-5-14(9)24-17(15)20-8-19-16;1-6-3-10-4-7(2)8(6)5-9/h6-8,23H,2-5,18H2,1H3,(H,19,20,21);5-7H,3-4H2,1-2H3. The van der Waals surface area contributed by atoms with Crippen LogP contribution in [0.15, 0.2) is 23.4 Å². The number of aryl methyl sites for hydroxylation is 2. The summed E-state index contributed by atoms with van der Waals surface area (Å²) in [5, 5.41) is 4.53. The van der Waals surface area contributed by atoms with Gasteiger partial charge in [0.25, 0.3) is 0 Å². The molecule has 5 rings (SSSR count). The number of aromatic nitrogens is 2. The summed E-state index contributed by atoms with van der Waals surface area (Å²) in [6.07, 6.45) is 7.22. The van der Waals surface area contributed by atoms with Crippen LogP contribution >= 0.6 is 24.0 Å². The highest BCUT2D eigenvalue weighted by atomic mass is 32.1. The van der Waals surface area contributed by atoms with E-state index in [0.29, 0.717) is 29.5 Å². The van der Waals surface area contributed by atoms with Crippen LogP contribution in [0.5, 0.6) is 5.75 Å². The van der Waals surface area contributed by atoms with Crippen LogP contribution in [0.2, 0.25) is 0 Å². The second-order valence-electron chi connectivity index (χ2n) is 8.64. The van der Waals surface area contributed by atoms with Crippen LogP contribution in [0.1, 0.15) is 37.1 Å². The minimum absolute atomic E-state index is 0.237. The van der Waals surface area contributed by atoms with Crippen molar-refractivity contribution < 1.29 is 14.3 Å². The van der Waals surface area contributed by atoms with Gasteiger partial charge >= 0.3 is 0 Å². The number of morpholine rings is 1. The van der Waals surface area contributed by atoms with Gasteiger partial charge in [0.2, 0.25) is 6.41 Å². The zero-order valence-electron chi connectivity index (χ0n) is 19.7. The van der Waals surface area contributed by atoms with E-state index in [2.05, 4.69) is 27.9 Å². The number of thiophene rings is 1. The summed E-state index contributed by atoms with van der Waals surface area (Å²) in [4.78, 5) is 24.4. The molecular weight excluding hydrogens is 470 g/mol. The van der Waals surface area contributed by atoms with Crippen molar-refractivity contribution in [2.24, 2.45) is 0 Å². The van der Waals surface area contributed by atoms with Crippen molar-refractivity contribution >= 4 is 57.8 Å². The largest absolute Gasteiger partial charge is 0.494 e. The first-order valence-corrected chi connectivity index (χ1v) is 12.7. The summed E-state index contributed by atoms with van der Waals surface area (Å²) in [6, 6.07) is 4.11. The van der Waals surface area contributed by atoms with Gasteiger partial charge < -0.3 is 25.4 Å². The molecule has 0 radical (unpaired) electrons. The number of nitrogens with zero attached hydrogens (tertiary/aromatic N) is 3. The number of methoxy groups -OCH3 is 1. The van der Waals surface area contributed by atoms with E-state index in [9.17, 15) is 4.79 Å². The molecule has 0 saturated carbocycles. The van der Waals surface area contributed by atoms with Gasteiger partial charge in [-0.05, 0) is 51.2 Å². The maximum atomic E-state index is 10.5. The first-order chi connectivity index (χ1) is 16.4. The Labute approximate surface area is 209 Å². The Kier molecular flexibility index (Phi) is 7.80. The molecule has 3 heterocycles. The summed E-state index contributed by atoms with van der Waals surface area (Å²) in [5.41, 5.74) is 8.69. The van der Waals surface area contributed by atoms with Crippen molar-refractivity contribution in [1.29, 1.82) is 0 Å². The average Bonchev–Trinajstić information content (AvgIpc) is 3.21. The molecule has 2 aromatic heterocycles. The molecule has 182 valence electrons. The lowest BCUT2D eigenvalue weighted by molar-refractivity contribution is -0.130. The number of rotatable bonds is 4. The SMILES string of the molecule is CC1COCC(C)N1C=O.COc1cc(N)c(S)cc1Nc1ncnc2sc3c(c12)CCCC3. The predicted molar refractivity (Wildman–Crippen MR) is 140 cm³/mol. The van der Waals surface area contributed by atoms with Crippen LogP contribution in [0.4, 0.5) is 17.2 Å². The summed E-state index contributed by atoms with van der Waals surface area (Å²) in [7, 11) is 1.63. The molecule has 10 heteroatoms. The number of carbonyl (C=O) groups is 1. The Balaban J connectivity index is 0.000000231. The maximum Gasteiger partial charge on any atom is 0.210 e. The molecule has 34 heavy (non-hydrogen) atoms. The quantitative estimate of drug-likeness (QED) is 0.276. The van der Waals surface area contributed by atoms with Gasteiger partial charge in [-0.15, -0.1) is 24.0 Å². The van der Waals surface area contributed by atoms with Crippen molar-refractivity contribution in [1.82, 2.24) is 14.9 Å². The fourth-order valence-corrected chi connectivity index (χ4v) is 5.81. The van der Waals surface area contributed by atoms with E-state index in [4.69, 9.17) is 15.2 Å². The normalized spacial score (nSPS) is 19.7. The van der Waals surface area contributed by atoms with E-state index in [-0.39, 0.29) is 12.1 Å². The second-order valence-corrected chi connectivity index (χ2v) is 10.2. The summed E-state index contributed by atoms with van der Waals surface area (Å²) < 4.78 is 10.7. The molecule has 1 saturated heterocycles. The van der Waals surface area contributed by atoms with Crippen molar-refractivity contribution in [3.8, 4) is 5.75 Å². The fourth-order valence-electron chi connectivity index (χ4n) is 4.39. The van der Waals surface area contributed by atoms with E-state index in [1.807, 2.05) is 19.9 Å². The lowest BCUT2D eigenvalue weighted by Crippen LogP contribution is -2.48. The highest BCUT2D eigenvalue weighted by Crippen LogP contribution is 2.40. The van der Waals surface area contributed by atoms with E-state index in [1.165, 1.54) is 23.3 Å². The monoisotopic (exact) mass is 501 g/mol. The number of nitrogens with one attached hydrogen (secondary N) is 1. The Bertz CT molecular complexity index is 1160. The zero-order chi connectivity index (χ0) is 24.2. The Hall–Kier alpha value is -2.56. The molecule has 1 fully saturated rings. The van der Waals surface area contributed by atoms with Crippen molar-refractivity contribution in [3.05, 3.63) is 28.9 Å². The van der Waals surface area contributed by atoms with Crippen molar-refractivity contribution in [2.75, 3.05) is 31.4 Å². The van der Waals surface area contributed by atoms with Crippen LogP contribution in [-0.2, 0) is 22.4 Å². The number of nitrogens with two attached hydrogens (primary N) is 1. The van der Waals surface area contributed by atoms with Crippen LogP contribution in [0, 0.1) is 0 Å². The zero-order valence-corrected chi connectivity index (χ0v) is 21.4. The Morgan fingerprint density at radius 3 is 2.65 bits per heavy atom. The molecule has 1 aromatic carbocycles. The number of hydrogen-bond donors (Lipinski definition) is 3. The fraction of sp³-hybridized carbons (Fsp3) is 0.458. The Morgan fingerprint density at radius 1 is 1.24 bits per heavy atom. The number of carbonyl (C=O) groups excluding carboxylic acids is 1. The molecule has 1 aliphatic heterocycles. The second kappa shape index (κ2) is 10.8. The molecule has 2 aliphatic rings. The predicted octanol–water partition coefficient (Wildman–Crippen LogP) is 4.45. The van der Waals surface area contributed by atoms with Crippen LogP contribution in [0.25, 0.3) is 10.2 Å². The van der Waals surface area contributed by atoms with Crippen LogP contribution in [-0.4, -0.2) is 53.7 Å². The number of fused-ring (bicyclic) bond motifs is 3. The van der Waals surface area contributed by atoms with Gasteiger partial charge in [-0.2, -0.15) is 0 Å². The van der Waals surface area contributed by atoms with Gasteiger partial charge in [-0.25, -0.2) is 9.97 Å². The highest BCUT2D eigenvalue weighted by Gasteiger charge is 2.23. The first kappa shape index (κ1) is 24.6. The van der Waals surface area contributed by atoms with Crippen molar-refractivity contribution in [3.63, 3.8) is 0 Å². The van der Waals surface area contributed by atoms with Gasteiger partial charge in [-0.1, -0.05) is 0 Å². The summed E-state index contributed by atoms with van der Waals surface area (Å²) >= 11 is 6.19. The number of amides is 1. The molecule has 0 spiro atoms. The molecule has 0 bridgehead atoms. The van der Waals surface area contributed by atoms with Gasteiger partial charge in [-0.3, -0.25) is 4.79 Å². The molecular formula is C24H31N5O3S2. The Morgan fingerprint density at radius 2 is 1.97 bits per heavy atom. The smallest absolute Gasteiger partial charge is 0.210 e. The number of ether oxygens (including phenoxy) is 2. The van der Waals surface area contributed by atoms with E-state index in [0.717, 1.165) is 41.0 Å². The lowest BCUT2D eigenvalue weighted by atomic mass is 9.97. The average molecular weight is 502 g/mol. The molecule has 1 amide bonds. The molecule has 3 N–H and O–H groups in total. The third-order valence-corrected chi connectivity index (χ3v) is 7.80. The number of thiol groups is 1. The molecule has 8 nitrogen and oxygen atoms in total. The third kappa shape index (κ3) is 5.08. The van der Waals surface area contributed by atoms with E-state index >= 15 is 0 Å². The summed E-state index contributed by atoms with van der Waals surface area (Å²) in [6.45, 7) is 5.32. The van der Waals surface area contributed by atoms with Gasteiger partial charge in [0, 0.05) is 21.5 Å². The van der Waals surface area contributed by atoms with E-state index < -0.39 is 0 Å². The van der Waals surface area contributed by atoms with Crippen LogP contribution < -0.4 is 15.8 Å². The minimum Gasteiger partial charge on any atom is -0.494 e. The number of benzene rings is 1. The van der Waals surface area contributed by atoms with Gasteiger partial charge in [0.1, 0.15) is 22.7 Å². The third-order valence-electron chi connectivity index (χ3n) is 6.21. The number of anilines is 3. The van der Waals surface area contributed by atoms with E-state index in [1.54, 1.807) is 35.7 Å². The van der Waals surface area contributed by atoms with Crippen molar-refractivity contribution in [2.45, 2.75) is 56.5 Å². The topological polar surface area (TPSA) is 103 Å². The highest BCUT2D eigenvalue weighted by molar-refractivity contribution is 7.80. The minimum atomic E-state index is 0.237. The lowest BCUT2D eigenvalue weighted by Gasteiger charge is -2.35. The first-order valence-electron chi connectivity index (χ1n) is 11.4. The van der Waals surface area contributed by atoms with Crippen LogP contribution in [0.3, 0.4) is 0 Å². The molecule has 1 aliphatic carbocycles. The van der Waals surface area contributed by atoms with Gasteiger partial charge in [0.15, 0.2) is 0 Å². The number of nitrogen functional groups attached to an aromatic ring is 1. The molecule has 3 aromatic rings. The number of hydrogen-bond acceptors (Lipinski definition) is 9. The summed E-state index contributed by atoms with van der Waals surface area (Å²) in [5.74, 6) is 1.48. The van der Waals surface area contributed by atoms with Gasteiger partial charge in [0.05, 0.1) is 43.5 Å².